The highest BCUT2D eigenvalue weighted by Crippen LogP contribution is 2.69. The van der Waals surface area contributed by atoms with Crippen molar-refractivity contribution in [2.45, 2.75) is 111 Å². The zero-order chi connectivity index (χ0) is 22.4. The van der Waals surface area contributed by atoms with Crippen LogP contribution in [-0.2, 0) is 4.74 Å². The molecule has 4 rings (SSSR count). The van der Waals surface area contributed by atoms with Gasteiger partial charge in [-0.1, -0.05) is 53.9 Å². The fourth-order valence-corrected chi connectivity index (χ4v) is 9.77. The first kappa shape index (κ1) is 24.1. The number of ether oxygens (including phenoxy) is 1. The van der Waals surface area contributed by atoms with Crippen molar-refractivity contribution >= 4 is 0 Å². The molecule has 2 N–H and O–H groups in total. The van der Waals surface area contributed by atoms with Crippen LogP contribution in [0.1, 0.15) is 105 Å². The van der Waals surface area contributed by atoms with Crippen LogP contribution in [-0.4, -0.2) is 19.8 Å². The van der Waals surface area contributed by atoms with E-state index in [1.54, 1.807) is 0 Å². The Bertz CT molecular complexity index is 604. The average Bonchev–Trinajstić information content (AvgIpc) is 3.09. The first-order valence-corrected chi connectivity index (χ1v) is 14.0. The third-order valence-electron chi connectivity index (χ3n) is 11.6. The van der Waals surface area contributed by atoms with Gasteiger partial charge in [0.25, 0.3) is 0 Å². The predicted molar refractivity (Wildman–Crippen MR) is 132 cm³/mol. The fraction of sp³-hybridized carbons (Fsp3) is 1.00. The second-order valence-corrected chi connectivity index (χ2v) is 13.4. The number of hydrogen-bond donors (Lipinski definition) is 1. The molecule has 180 valence electrons. The summed E-state index contributed by atoms with van der Waals surface area (Å²) in [5.41, 5.74) is 7.20. The average molecular weight is 432 g/mol. The molecule has 0 aromatic heterocycles. The predicted octanol–water partition coefficient (Wildman–Crippen LogP) is 7.31. The Morgan fingerprint density at radius 2 is 1.61 bits per heavy atom. The summed E-state index contributed by atoms with van der Waals surface area (Å²) in [7, 11) is 2.01. The molecule has 0 bridgehead atoms. The summed E-state index contributed by atoms with van der Waals surface area (Å²) in [6.45, 7) is 13.6. The Balaban J connectivity index is 1.52. The molecule has 0 amide bonds. The van der Waals surface area contributed by atoms with E-state index in [2.05, 4.69) is 34.6 Å². The molecule has 4 saturated carbocycles. The van der Waals surface area contributed by atoms with Gasteiger partial charge in [0.15, 0.2) is 0 Å². The molecule has 2 nitrogen and oxygen atoms in total. The molecule has 4 unspecified atom stereocenters. The molecule has 0 spiro atoms. The van der Waals surface area contributed by atoms with E-state index in [-0.39, 0.29) is 0 Å². The van der Waals surface area contributed by atoms with Gasteiger partial charge < -0.3 is 10.5 Å². The van der Waals surface area contributed by atoms with Crippen molar-refractivity contribution in [2.75, 3.05) is 13.7 Å². The van der Waals surface area contributed by atoms with Gasteiger partial charge in [-0.2, -0.15) is 0 Å². The van der Waals surface area contributed by atoms with Gasteiger partial charge in [-0.25, -0.2) is 0 Å². The molecule has 4 fully saturated rings. The summed E-state index contributed by atoms with van der Waals surface area (Å²) in [5, 5.41) is 0. The van der Waals surface area contributed by atoms with Gasteiger partial charge in [-0.3, -0.25) is 0 Å². The van der Waals surface area contributed by atoms with Crippen molar-refractivity contribution in [2.24, 2.45) is 63.9 Å². The minimum atomic E-state index is 0.485. The van der Waals surface area contributed by atoms with Crippen molar-refractivity contribution < 1.29 is 4.74 Å². The molecule has 0 aromatic carbocycles. The summed E-state index contributed by atoms with van der Waals surface area (Å²) in [4.78, 5) is 0. The molecule has 4 aliphatic rings. The van der Waals surface area contributed by atoms with Gasteiger partial charge in [0, 0.05) is 7.11 Å². The standard InChI is InChI=1S/C29H53NO/c1-19(2)8-7-9-20(3)23-10-11-24-27-25(13-15-29(23,24)5)28(4)14-12-21(18-30)16-22(28)17-26(27)31-6/h19-27H,7-18,30H2,1-6H3/t20-,21-,22?,23-,24?,25?,26-,27?,28+,29-/m1/s1. The Labute approximate surface area is 193 Å². The number of methoxy groups -OCH3 is 1. The van der Waals surface area contributed by atoms with Crippen molar-refractivity contribution in [3.05, 3.63) is 0 Å². The number of hydrogen-bond acceptors (Lipinski definition) is 2. The molecule has 0 saturated heterocycles. The zero-order valence-corrected chi connectivity index (χ0v) is 21.7. The van der Waals surface area contributed by atoms with Crippen LogP contribution < -0.4 is 5.73 Å². The molecule has 2 heteroatoms. The first-order valence-electron chi connectivity index (χ1n) is 14.0. The van der Waals surface area contributed by atoms with Gasteiger partial charge in [-0.05, 0) is 116 Å². The molecule has 31 heavy (non-hydrogen) atoms. The van der Waals surface area contributed by atoms with Gasteiger partial charge in [-0.15, -0.1) is 0 Å². The molecule has 10 atom stereocenters. The maximum Gasteiger partial charge on any atom is 0.0608 e. The summed E-state index contributed by atoms with van der Waals surface area (Å²) < 4.78 is 6.33. The summed E-state index contributed by atoms with van der Waals surface area (Å²) in [5.74, 6) is 6.82. The van der Waals surface area contributed by atoms with Crippen LogP contribution in [0.4, 0.5) is 0 Å². The van der Waals surface area contributed by atoms with Gasteiger partial charge in [0.1, 0.15) is 0 Å². The number of fused-ring (bicyclic) bond motifs is 5. The molecule has 0 aromatic rings. The first-order chi connectivity index (χ1) is 14.7. The molecule has 0 radical (unpaired) electrons. The Kier molecular flexibility index (Phi) is 7.20. The number of rotatable bonds is 7. The summed E-state index contributed by atoms with van der Waals surface area (Å²) >= 11 is 0. The van der Waals surface area contributed by atoms with Gasteiger partial charge >= 0.3 is 0 Å². The molecule has 0 aliphatic heterocycles. The third-order valence-corrected chi connectivity index (χ3v) is 11.6. The molecule has 0 heterocycles. The van der Waals surface area contributed by atoms with Crippen LogP contribution in [0.5, 0.6) is 0 Å². The zero-order valence-electron chi connectivity index (χ0n) is 21.7. The van der Waals surface area contributed by atoms with Crippen LogP contribution in [0.25, 0.3) is 0 Å². The quantitative estimate of drug-likeness (QED) is 0.458. The lowest BCUT2D eigenvalue weighted by molar-refractivity contribution is -0.177. The van der Waals surface area contributed by atoms with Crippen LogP contribution in [0.15, 0.2) is 0 Å². The lowest BCUT2D eigenvalue weighted by Gasteiger charge is -2.63. The summed E-state index contributed by atoms with van der Waals surface area (Å²) in [6.07, 6.45) is 16.0. The maximum atomic E-state index is 6.33. The molecular formula is C29H53NO. The molecular weight excluding hydrogens is 378 g/mol. The smallest absolute Gasteiger partial charge is 0.0608 e. The van der Waals surface area contributed by atoms with E-state index >= 15 is 0 Å². The van der Waals surface area contributed by atoms with Crippen molar-refractivity contribution in [3.63, 3.8) is 0 Å². The molecule has 4 aliphatic carbocycles. The van der Waals surface area contributed by atoms with E-state index in [1.165, 1.54) is 70.6 Å². The lowest BCUT2D eigenvalue weighted by atomic mass is 9.43. The monoisotopic (exact) mass is 431 g/mol. The summed E-state index contributed by atoms with van der Waals surface area (Å²) in [6, 6.07) is 0. The van der Waals surface area contributed by atoms with E-state index in [1.807, 2.05) is 7.11 Å². The van der Waals surface area contributed by atoms with Crippen molar-refractivity contribution in [3.8, 4) is 0 Å². The van der Waals surface area contributed by atoms with Crippen molar-refractivity contribution in [1.29, 1.82) is 0 Å². The van der Waals surface area contributed by atoms with Gasteiger partial charge in [0.2, 0.25) is 0 Å². The minimum absolute atomic E-state index is 0.485. The van der Waals surface area contributed by atoms with Crippen LogP contribution >= 0.6 is 0 Å². The normalized spacial score (nSPS) is 48.2. The lowest BCUT2D eigenvalue weighted by Crippen LogP contribution is -2.59. The Morgan fingerprint density at radius 1 is 0.903 bits per heavy atom. The minimum Gasteiger partial charge on any atom is -0.381 e. The third kappa shape index (κ3) is 4.16. The van der Waals surface area contributed by atoms with E-state index in [0.717, 1.165) is 53.9 Å². The van der Waals surface area contributed by atoms with E-state index < -0.39 is 0 Å². The number of nitrogens with two attached hydrogens (primary N) is 1. The van der Waals surface area contributed by atoms with E-state index in [0.29, 0.717) is 16.9 Å². The van der Waals surface area contributed by atoms with Crippen LogP contribution in [0.3, 0.4) is 0 Å². The second-order valence-electron chi connectivity index (χ2n) is 13.4. The van der Waals surface area contributed by atoms with Crippen LogP contribution in [0.2, 0.25) is 0 Å². The fourth-order valence-electron chi connectivity index (χ4n) is 9.77. The Morgan fingerprint density at radius 3 is 2.29 bits per heavy atom. The van der Waals surface area contributed by atoms with Crippen LogP contribution in [0, 0.1) is 58.2 Å². The van der Waals surface area contributed by atoms with Gasteiger partial charge in [0.05, 0.1) is 6.10 Å². The van der Waals surface area contributed by atoms with E-state index in [4.69, 9.17) is 10.5 Å². The SMILES string of the molecule is CO[C@@H]1CC2C[C@H](CN)CC[C@]2(C)C2CC[C@@]3(C)C(CC[C@@H]3[C@H](C)CCCC(C)C)C21. The maximum absolute atomic E-state index is 6.33. The Hall–Kier alpha value is -0.0800. The highest BCUT2D eigenvalue weighted by Gasteiger charge is 2.63. The highest BCUT2D eigenvalue weighted by molar-refractivity contribution is 5.12. The topological polar surface area (TPSA) is 35.2 Å². The van der Waals surface area contributed by atoms with E-state index in [9.17, 15) is 0 Å². The highest BCUT2D eigenvalue weighted by atomic mass is 16.5. The van der Waals surface area contributed by atoms with Crippen molar-refractivity contribution in [1.82, 2.24) is 0 Å². The largest absolute Gasteiger partial charge is 0.381 e. The second kappa shape index (κ2) is 9.28.